The van der Waals surface area contributed by atoms with Crippen molar-refractivity contribution < 1.29 is 4.79 Å². The monoisotopic (exact) mass is 238 g/mol. The van der Waals surface area contributed by atoms with Crippen molar-refractivity contribution in [3.8, 4) is 0 Å². The highest BCUT2D eigenvalue weighted by atomic mass is 16.2. The Kier molecular flexibility index (Phi) is 4.08. The molecule has 0 radical (unpaired) electrons. The number of carbonyl (C=O) groups excluding carboxylic acids is 1. The summed E-state index contributed by atoms with van der Waals surface area (Å²) < 4.78 is 0. The molecule has 1 aliphatic heterocycles. The van der Waals surface area contributed by atoms with Crippen molar-refractivity contribution in [3.05, 3.63) is 0 Å². The molecule has 3 nitrogen and oxygen atoms in total. The lowest BCUT2D eigenvalue weighted by Crippen LogP contribution is -2.48. The average Bonchev–Trinajstić information content (AvgIpc) is 2.30. The molecular weight excluding hydrogens is 212 g/mol. The predicted molar refractivity (Wildman–Crippen MR) is 69.6 cm³/mol. The zero-order valence-corrected chi connectivity index (χ0v) is 11.1. The van der Waals surface area contributed by atoms with Crippen LogP contribution in [0, 0.1) is 5.92 Å². The van der Waals surface area contributed by atoms with Gasteiger partial charge in [-0.25, -0.2) is 0 Å². The van der Waals surface area contributed by atoms with E-state index >= 15 is 0 Å². The lowest BCUT2D eigenvalue weighted by molar-refractivity contribution is -0.134. The van der Waals surface area contributed by atoms with Crippen LogP contribution in [0.5, 0.6) is 0 Å². The van der Waals surface area contributed by atoms with Crippen LogP contribution < -0.4 is 5.73 Å². The van der Waals surface area contributed by atoms with Gasteiger partial charge in [0, 0.05) is 25.0 Å². The Bertz CT molecular complexity index is 263. The third-order valence-corrected chi connectivity index (χ3v) is 4.49. The maximum absolute atomic E-state index is 12.2. The van der Waals surface area contributed by atoms with Crippen LogP contribution in [0.3, 0.4) is 0 Å². The van der Waals surface area contributed by atoms with E-state index < -0.39 is 0 Å². The molecule has 3 heteroatoms. The van der Waals surface area contributed by atoms with Crippen molar-refractivity contribution in [2.24, 2.45) is 11.7 Å². The van der Waals surface area contributed by atoms with Gasteiger partial charge in [-0.15, -0.1) is 0 Å². The minimum atomic E-state index is -0.196. The van der Waals surface area contributed by atoms with Crippen LogP contribution in [0.1, 0.15) is 58.3 Å². The van der Waals surface area contributed by atoms with E-state index in [1.54, 1.807) is 0 Å². The van der Waals surface area contributed by atoms with Crippen LogP contribution >= 0.6 is 0 Å². The lowest BCUT2D eigenvalue weighted by Gasteiger charge is -2.36. The maximum Gasteiger partial charge on any atom is 0.224 e. The van der Waals surface area contributed by atoms with Gasteiger partial charge >= 0.3 is 0 Å². The number of nitrogens with two attached hydrogens (primary N) is 1. The van der Waals surface area contributed by atoms with Gasteiger partial charge in [0.25, 0.3) is 0 Å². The summed E-state index contributed by atoms with van der Waals surface area (Å²) in [7, 11) is 0. The van der Waals surface area contributed by atoms with E-state index in [-0.39, 0.29) is 5.54 Å². The molecule has 2 rings (SSSR count). The Morgan fingerprint density at radius 1 is 1.24 bits per heavy atom. The van der Waals surface area contributed by atoms with Gasteiger partial charge in [0.15, 0.2) is 0 Å². The predicted octanol–water partition coefficient (Wildman–Crippen LogP) is 2.30. The van der Waals surface area contributed by atoms with Gasteiger partial charge < -0.3 is 10.6 Å². The third kappa shape index (κ3) is 3.44. The van der Waals surface area contributed by atoms with Gasteiger partial charge in [-0.2, -0.15) is 0 Å². The van der Waals surface area contributed by atoms with Crippen LogP contribution in [-0.4, -0.2) is 29.4 Å². The third-order valence-electron chi connectivity index (χ3n) is 4.49. The number of hydrogen-bond donors (Lipinski definition) is 1. The summed E-state index contributed by atoms with van der Waals surface area (Å²) in [5.74, 6) is 1.07. The van der Waals surface area contributed by atoms with Gasteiger partial charge in [-0.05, 0) is 31.6 Å². The van der Waals surface area contributed by atoms with Crippen molar-refractivity contribution in [1.29, 1.82) is 0 Å². The Labute approximate surface area is 105 Å². The summed E-state index contributed by atoms with van der Waals surface area (Å²) in [6, 6.07) is 0. The molecule has 2 fully saturated rings. The van der Waals surface area contributed by atoms with Crippen molar-refractivity contribution in [1.82, 2.24) is 4.90 Å². The molecule has 0 aromatic rings. The molecule has 1 saturated heterocycles. The lowest BCUT2D eigenvalue weighted by atomic mass is 9.80. The second kappa shape index (κ2) is 5.38. The molecule has 1 saturated carbocycles. The highest BCUT2D eigenvalue weighted by Gasteiger charge is 2.32. The fourth-order valence-corrected chi connectivity index (χ4v) is 3.10. The number of carbonyl (C=O) groups is 1. The van der Waals surface area contributed by atoms with Crippen molar-refractivity contribution in [3.63, 3.8) is 0 Å². The van der Waals surface area contributed by atoms with Gasteiger partial charge in [0.2, 0.25) is 5.91 Å². The fraction of sp³-hybridized carbons (Fsp3) is 0.929. The van der Waals surface area contributed by atoms with E-state index in [9.17, 15) is 4.79 Å². The van der Waals surface area contributed by atoms with E-state index in [2.05, 4.69) is 6.92 Å². The summed E-state index contributed by atoms with van der Waals surface area (Å²) >= 11 is 0. The Hall–Kier alpha value is -0.570. The van der Waals surface area contributed by atoms with E-state index in [1.807, 2.05) is 4.90 Å². The normalized spacial score (nSPS) is 25.9. The maximum atomic E-state index is 12.2. The second-order valence-electron chi connectivity index (χ2n) is 6.16. The van der Waals surface area contributed by atoms with E-state index in [4.69, 9.17) is 5.73 Å². The number of hydrogen-bond acceptors (Lipinski definition) is 2. The fourth-order valence-electron chi connectivity index (χ4n) is 3.10. The molecule has 2 aliphatic rings. The summed E-state index contributed by atoms with van der Waals surface area (Å²) in [4.78, 5) is 14.3. The molecular formula is C14H26N2O. The first-order valence-electron chi connectivity index (χ1n) is 7.16. The summed E-state index contributed by atoms with van der Waals surface area (Å²) in [6.45, 7) is 4.15. The highest BCUT2D eigenvalue weighted by molar-refractivity contribution is 5.77. The molecule has 0 atom stereocenters. The average molecular weight is 238 g/mol. The number of likely N-dealkylation sites (tertiary alicyclic amines) is 1. The molecule has 0 bridgehead atoms. The van der Waals surface area contributed by atoms with Crippen molar-refractivity contribution in [2.75, 3.05) is 13.1 Å². The van der Waals surface area contributed by atoms with Gasteiger partial charge in [-0.3, -0.25) is 4.79 Å². The Morgan fingerprint density at radius 2 is 1.82 bits per heavy atom. The summed E-state index contributed by atoms with van der Waals surface area (Å²) in [5, 5.41) is 0. The SMILES string of the molecule is CC1CCN(C(=O)CC2(N)CCCCC2)CC1. The van der Waals surface area contributed by atoms with Gasteiger partial charge in [0.05, 0.1) is 0 Å². The Morgan fingerprint density at radius 3 is 2.41 bits per heavy atom. The molecule has 0 spiro atoms. The first-order chi connectivity index (χ1) is 8.09. The quantitative estimate of drug-likeness (QED) is 0.802. The standard InChI is InChI=1S/C14H26N2O/c1-12-5-9-16(10-6-12)13(17)11-14(15)7-3-2-4-8-14/h12H,2-11,15H2,1H3. The minimum absolute atomic E-state index is 0.196. The van der Waals surface area contributed by atoms with Crippen LogP contribution in [0.4, 0.5) is 0 Å². The summed E-state index contributed by atoms with van der Waals surface area (Å²) in [6.07, 6.45) is 8.62. The van der Waals surface area contributed by atoms with Crippen LogP contribution in [0.2, 0.25) is 0 Å². The van der Waals surface area contributed by atoms with E-state index in [1.165, 1.54) is 19.3 Å². The smallest absolute Gasteiger partial charge is 0.224 e. The second-order valence-corrected chi connectivity index (χ2v) is 6.16. The molecule has 98 valence electrons. The van der Waals surface area contributed by atoms with Crippen molar-refractivity contribution in [2.45, 2.75) is 63.8 Å². The molecule has 1 heterocycles. The molecule has 2 N–H and O–H groups in total. The molecule has 17 heavy (non-hydrogen) atoms. The molecule has 0 aromatic heterocycles. The zero-order chi connectivity index (χ0) is 12.3. The number of rotatable bonds is 2. The first kappa shape index (κ1) is 12.9. The number of amides is 1. The first-order valence-corrected chi connectivity index (χ1v) is 7.16. The number of piperidine rings is 1. The van der Waals surface area contributed by atoms with E-state index in [0.29, 0.717) is 12.3 Å². The van der Waals surface area contributed by atoms with Gasteiger partial charge in [-0.1, -0.05) is 26.2 Å². The highest BCUT2D eigenvalue weighted by Crippen LogP contribution is 2.29. The van der Waals surface area contributed by atoms with Gasteiger partial charge in [0.1, 0.15) is 0 Å². The van der Waals surface area contributed by atoms with Crippen LogP contribution in [0.15, 0.2) is 0 Å². The Balaban J connectivity index is 1.83. The largest absolute Gasteiger partial charge is 0.343 e. The minimum Gasteiger partial charge on any atom is -0.343 e. The topological polar surface area (TPSA) is 46.3 Å². The van der Waals surface area contributed by atoms with Crippen LogP contribution in [-0.2, 0) is 4.79 Å². The van der Waals surface area contributed by atoms with Crippen molar-refractivity contribution >= 4 is 5.91 Å². The number of nitrogens with zero attached hydrogens (tertiary/aromatic N) is 1. The molecule has 0 aromatic carbocycles. The van der Waals surface area contributed by atoms with E-state index in [0.717, 1.165) is 44.7 Å². The molecule has 1 aliphatic carbocycles. The van der Waals surface area contributed by atoms with Crippen LogP contribution in [0.25, 0.3) is 0 Å². The zero-order valence-electron chi connectivity index (χ0n) is 11.1. The summed E-state index contributed by atoms with van der Waals surface area (Å²) in [5.41, 5.74) is 6.15. The molecule has 1 amide bonds. The molecule has 0 unspecified atom stereocenters.